The number of nitrogens with one attached hydrogen (secondary N) is 1. The van der Waals surface area contributed by atoms with E-state index in [4.69, 9.17) is 0 Å². The molecule has 4 nitrogen and oxygen atoms in total. The highest BCUT2D eigenvalue weighted by Crippen LogP contribution is 2.23. The summed E-state index contributed by atoms with van der Waals surface area (Å²) in [5.41, 5.74) is -0.247. The van der Waals surface area contributed by atoms with Crippen LogP contribution in [0.25, 0.3) is 0 Å². The van der Waals surface area contributed by atoms with Gasteiger partial charge in [0.2, 0.25) is 5.91 Å². The molecule has 100 valence electrons. The number of carbonyl (C=O) groups is 1. The molecule has 1 fully saturated rings. The van der Waals surface area contributed by atoms with Crippen LogP contribution >= 0.6 is 15.9 Å². The molecular formula is C11H20BrNO3S. The smallest absolute Gasteiger partial charge is 0.224 e. The molecule has 0 radical (unpaired) electrons. The van der Waals surface area contributed by atoms with Crippen LogP contribution in [0.4, 0.5) is 0 Å². The second kappa shape index (κ2) is 5.69. The number of carbonyl (C=O) groups excluding carboxylic acids is 1. The van der Waals surface area contributed by atoms with Gasteiger partial charge in [-0.1, -0.05) is 29.8 Å². The Morgan fingerprint density at radius 3 is 2.35 bits per heavy atom. The highest BCUT2D eigenvalue weighted by atomic mass is 79.9. The molecule has 0 aromatic rings. The highest BCUT2D eigenvalue weighted by molar-refractivity contribution is 9.09. The van der Waals surface area contributed by atoms with Gasteiger partial charge in [0.05, 0.1) is 17.4 Å². The summed E-state index contributed by atoms with van der Waals surface area (Å²) in [5.74, 6) is -0.333. The number of alkyl halides is 1. The van der Waals surface area contributed by atoms with E-state index in [1.165, 1.54) is 0 Å². The summed E-state index contributed by atoms with van der Waals surface area (Å²) in [5, 5.41) is 3.70. The first kappa shape index (κ1) is 15.0. The number of amides is 1. The second-order valence-electron chi connectivity index (χ2n) is 4.71. The van der Waals surface area contributed by atoms with Gasteiger partial charge in [0.1, 0.15) is 0 Å². The van der Waals surface area contributed by atoms with Crippen LogP contribution in [0.15, 0.2) is 0 Å². The van der Waals surface area contributed by atoms with Crippen LogP contribution in [0.3, 0.4) is 0 Å². The van der Waals surface area contributed by atoms with Crippen LogP contribution < -0.4 is 5.32 Å². The van der Waals surface area contributed by atoms with Crippen molar-refractivity contribution in [1.82, 2.24) is 5.32 Å². The Morgan fingerprint density at radius 2 is 2.00 bits per heavy atom. The first-order valence-electron chi connectivity index (χ1n) is 5.96. The average Bonchev–Trinajstić information content (AvgIpc) is 2.67. The summed E-state index contributed by atoms with van der Waals surface area (Å²) < 4.78 is 22.7. The van der Waals surface area contributed by atoms with Crippen molar-refractivity contribution in [2.75, 3.05) is 16.8 Å². The molecule has 1 aliphatic rings. The first-order chi connectivity index (χ1) is 7.88. The molecule has 1 rings (SSSR count). The predicted molar refractivity (Wildman–Crippen MR) is 72.0 cm³/mol. The van der Waals surface area contributed by atoms with E-state index in [0.29, 0.717) is 11.8 Å². The Hall–Kier alpha value is -0.100. The maximum Gasteiger partial charge on any atom is 0.224 e. The van der Waals surface area contributed by atoms with Crippen molar-refractivity contribution in [2.24, 2.45) is 5.92 Å². The van der Waals surface area contributed by atoms with Crippen molar-refractivity contribution >= 4 is 31.7 Å². The zero-order valence-electron chi connectivity index (χ0n) is 10.3. The fraction of sp³-hybridized carbons (Fsp3) is 0.909. The van der Waals surface area contributed by atoms with Gasteiger partial charge in [-0.15, -0.1) is 0 Å². The molecule has 17 heavy (non-hydrogen) atoms. The van der Waals surface area contributed by atoms with Crippen LogP contribution in [0.2, 0.25) is 0 Å². The standard InChI is InChI=1S/C11H20BrNO3S/c1-3-11(4-2,8-12)13-10(14)9-5-6-17(15,16)7-9/h9H,3-8H2,1-2H3,(H,13,14). The minimum Gasteiger partial charge on any atom is -0.350 e. The van der Waals surface area contributed by atoms with Crippen LogP contribution in [0, 0.1) is 5.92 Å². The van der Waals surface area contributed by atoms with E-state index in [2.05, 4.69) is 21.2 Å². The average molecular weight is 326 g/mol. The van der Waals surface area contributed by atoms with Gasteiger partial charge in [-0.25, -0.2) is 8.42 Å². The molecule has 0 aromatic carbocycles. The lowest BCUT2D eigenvalue weighted by molar-refractivity contribution is -0.126. The van der Waals surface area contributed by atoms with E-state index in [0.717, 1.165) is 12.8 Å². The molecule has 0 saturated carbocycles. The van der Waals surface area contributed by atoms with E-state index in [9.17, 15) is 13.2 Å². The zero-order chi connectivity index (χ0) is 13.1. The Morgan fingerprint density at radius 1 is 1.41 bits per heavy atom. The molecule has 0 spiro atoms. The molecule has 1 atom stereocenters. The SMILES string of the molecule is CCC(CC)(CBr)NC(=O)C1CCS(=O)(=O)C1. The third kappa shape index (κ3) is 3.68. The van der Waals surface area contributed by atoms with Gasteiger partial charge in [0.15, 0.2) is 9.84 Å². The Balaban J connectivity index is 2.66. The van der Waals surface area contributed by atoms with E-state index >= 15 is 0 Å². The molecule has 0 aliphatic carbocycles. The van der Waals surface area contributed by atoms with E-state index in [1.807, 2.05) is 13.8 Å². The van der Waals surface area contributed by atoms with Gasteiger partial charge < -0.3 is 5.32 Å². The minimum atomic E-state index is -2.99. The van der Waals surface area contributed by atoms with Crippen LogP contribution in [0.1, 0.15) is 33.1 Å². The van der Waals surface area contributed by atoms with Crippen LogP contribution in [0.5, 0.6) is 0 Å². The normalized spacial score (nSPS) is 23.6. The molecule has 1 unspecified atom stereocenters. The number of rotatable bonds is 5. The molecule has 1 heterocycles. The summed E-state index contributed by atoms with van der Waals surface area (Å²) in [7, 11) is -2.99. The molecule has 1 saturated heterocycles. The van der Waals surface area contributed by atoms with Gasteiger partial charge in [-0.2, -0.15) is 0 Å². The summed E-state index contributed by atoms with van der Waals surface area (Å²) in [6, 6.07) is 0. The Labute approximate surface area is 112 Å². The number of hydrogen-bond donors (Lipinski definition) is 1. The summed E-state index contributed by atoms with van der Waals surface area (Å²) in [6.07, 6.45) is 2.12. The highest BCUT2D eigenvalue weighted by Gasteiger charge is 2.36. The zero-order valence-corrected chi connectivity index (χ0v) is 12.7. The molecule has 1 aliphatic heterocycles. The van der Waals surface area contributed by atoms with E-state index in [1.54, 1.807) is 0 Å². The predicted octanol–water partition coefficient (Wildman–Crippen LogP) is 1.49. The monoisotopic (exact) mass is 325 g/mol. The van der Waals surface area contributed by atoms with Crippen LogP contribution in [-0.2, 0) is 14.6 Å². The van der Waals surface area contributed by atoms with Crippen molar-refractivity contribution in [3.05, 3.63) is 0 Å². The fourth-order valence-electron chi connectivity index (χ4n) is 2.01. The maximum absolute atomic E-state index is 12.0. The second-order valence-corrected chi connectivity index (χ2v) is 7.50. The third-order valence-corrected chi connectivity index (χ3v) is 6.44. The lowest BCUT2D eigenvalue weighted by atomic mass is 9.94. The summed E-state index contributed by atoms with van der Waals surface area (Å²) in [6.45, 7) is 4.05. The lowest BCUT2D eigenvalue weighted by Gasteiger charge is -2.32. The molecule has 6 heteroatoms. The van der Waals surface area contributed by atoms with Crippen LogP contribution in [-0.4, -0.2) is 36.7 Å². The van der Waals surface area contributed by atoms with Crippen molar-refractivity contribution in [1.29, 1.82) is 0 Å². The largest absolute Gasteiger partial charge is 0.350 e. The molecule has 0 bridgehead atoms. The van der Waals surface area contributed by atoms with Crippen molar-refractivity contribution in [3.8, 4) is 0 Å². The molecule has 0 aromatic heterocycles. The topological polar surface area (TPSA) is 63.2 Å². The number of sulfone groups is 1. The van der Waals surface area contributed by atoms with Gasteiger partial charge in [0.25, 0.3) is 0 Å². The molecule has 1 N–H and O–H groups in total. The quantitative estimate of drug-likeness (QED) is 0.779. The fourth-order valence-corrected chi connectivity index (χ4v) is 4.69. The maximum atomic E-state index is 12.0. The Bertz CT molecular complexity index is 368. The van der Waals surface area contributed by atoms with Gasteiger partial charge in [-0.3, -0.25) is 4.79 Å². The molecular weight excluding hydrogens is 306 g/mol. The summed E-state index contributed by atoms with van der Waals surface area (Å²) >= 11 is 3.42. The van der Waals surface area contributed by atoms with Crippen molar-refractivity contribution in [3.63, 3.8) is 0 Å². The van der Waals surface area contributed by atoms with Gasteiger partial charge >= 0.3 is 0 Å². The van der Waals surface area contributed by atoms with Gasteiger partial charge in [0, 0.05) is 10.9 Å². The summed E-state index contributed by atoms with van der Waals surface area (Å²) in [4.78, 5) is 12.0. The first-order valence-corrected chi connectivity index (χ1v) is 8.90. The molecule has 1 amide bonds. The van der Waals surface area contributed by atoms with Gasteiger partial charge in [-0.05, 0) is 19.3 Å². The van der Waals surface area contributed by atoms with Crippen molar-refractivity contribution < 1.29 is 13.2 Å². The Kier molecular flexibility index (Phi) is 5.01. The van der Waals surface area contributed by atoms with E-state index in [-0.39, 0.29) is 28.9 Å². The lowest BCUT2D eigenvalue weighted by Crippen LogP contribution is -2.51. The number of halogens is 1. The van der Waals surface area contributed by atoms with E-state index < -0.39 is 9.84 Å². The van der Waals surface area contributed by atoms with Crippen molar-refractivity contribution in [2.45, 2.75) is 38.6 Å². The minimum absolute atomic E-state index is 0.00459. The number of hydrogen-bond acceptors (Lipinski definition) is 3. The third-order valence-electron chi connectivity index (χ3n) is 3.60.